The van der Waals surface area contributed by atoms with Gasteiger partial charge >= 0.3 is 5.97 Å². The zero-order chi connectivity index (χ0) is 13.4. The summed E-state index contributed by atoms with van der Waals surface area (Å²) in [4.78, 5) is 9.25. The van der Waals surface area contributed by atoms with Gasteiger partial charge in [0.2, 0.25) is 0 Å². The van der Waals surface area contributed by atoms with Crippen LogP contribution in [-0.2, 0) is 16.0 Å². The smallest absolute Gasteiger partial charge is 0.327 e. The molecule has 0 radical (unpaired) electrons. The number of carboxylic acids is 1. The van der Waals surface area contributed by atoms with Crippen LogP contribution in [0, 0.1) is 0 Å². The second kappa shape index (κ2) is 4.52. The van der Waals surface area contributed by atoms with Crippen LogP contribution in [0.15, 0.2) is 49.1 Å². The molecule has 0 amide bonds. The van der Waals surface area contributed by atoms with Crippen LogP contribution < -0.4 is 0 Å². The number of carboxylic acid groups (broad SMARTS) is 1. The molecular weight excluding hydrogens is 240 g/mol. The van der Waals surface area contributed by atoms with Gasteiger partial charge in [0.15, 0.2) is 0 Å². The summed E-state index contributed by atoms with van der Waals surface area (Å²) in [7, 11) is 0. The summed E-state index contributed by atoms with van der Waals surface area (Å²) in [6.45, 7) is 2.96. The lowest BCUT2D eigenvalue weighted by molar-refractivity contribution is -0.131. The predicted octanol–water partition coefficient (Wildman–Crippen LogP) is 3.09. The van der Waals surface area contributed by atoms with Crippen LogP contribution in [0.5, 0.6) is 0 Å². The number of fused-ring (bicyclic) bond motifs is 2. The van der Waals surface area contributed by atoms with Crippen LogP contribution in [0.3, 0.4) is 0 Å². The Morgan fingerprint density at radius 2 is 2.00 bits per heavy atom. The summed E-state index contributed by atoms with van der Waals surface area (Å²) >= 11 is 0. The Morgan fingerprint density at radius 1 is 1.32 bits per heavy atom. The quantitative estimate of drug-likeness (QED) is 0.628. The molecule has 2 aliphatic rings. The van der Waals surface area contributed by atoms with Crippen molar-refractivity contribution in [2.45, 2.75) is 18.6 Å². The Kier molecular flexibility index (Phi) is 2.84. The van der Waals surface area contributed by atoms with E-state index in [2.05, 4.69) is 43.0 Å². The molecular formula is C16H14O3. The van der Waals surface area contributed by atoms with Gasteiger partial charge < -0.3 is 9.84 Å². The molecule has 1 aliphatic carbocycles. The molecule has 1 saturated heterocycles. The van der Waals surface area contributed by atoms with Gasteiger partial charge in [-0.25, -0.2) is 4.79 Å². The molecule has 1 heterocycles. The van der Waals surface area contributed by atoms with Crippen LogP contribution in [0.25, 0.3) is 10.8 Å². The third kappa shape index (κ3) is 2.13. The Balaban J connectivity index is 0.000000193. The number of ether oxygens (including phenoxy) is 1. The van der Waals surface area contributed by atoms with Crippen LogP contribution >= 0.6 is 0 Å². The molecule has 0 spiro atoms. The molecule has 3 nitrogen and oxygen atoms in total. The molecule has 2 atom stereocenters. The third-order valence-corrected chi connectivity index (χ3v) is 3.51. The predicted molar refractivity (Wildman–Crippen MR) is 73.1 cm³/mol. The van der Waals surface area contributed by atoms with Crippen molar-refractivity contribution >= 4 is 16.7 Å². The first kappa shape index (κ1) is 11.9. The van der Waals surface area contributed by atoms with Crippen molar-refractivity contribution in [1.29, 1.82) is 0 Å². The first-order chi connectivity index (χ1) is 9.20. The Labute approximate surface area is 111 Å². The minimum atomic E-state index is -0.981. The third-order valence-electron chi connectivity index (χ3n) is 3.51. The highest BCUT2D eigenvalue weighted by atomic mass is 16.6. The highest BCUT2D eigenvalue weighted by Gasteiger charge is 2.44. The van der Waals surface area contributed by atoms with E-state index in [1.54, 1.807) is 0 Å². The van der Waals surface area contributed by atoms with Crippen molar-refractivity contribution < 1.29 is 14.6 Å². The molecule has 0 bridgehead atoms. The van der Waals surface area contributed by atoms with E-state index in [-0.39, 0.29) is 0 Å². The summed E-state index contributed by atoms with van der Waals surface area (Å²) in [6.07, 6.45) is 2.79. The SMILES string of the molecule is C=CC(=O)O.c1cc2c3c(cccc3c1)C1OC1C2. The number of rotatable bonds is 1. The summed E-state index contributed by atoms with van der Waals surface area (Å²) in [5.41, 5.74) is 2.85. The first-order valence-corrected chi connectivity index (χ1v) is 6.22. The normalized spacial score (nSPS) is 21.9. The maximum Gasteiger partial charge on any atom is 0.327 e. The minimum Gasteiger partial charge on any atom is -0.478 e. The van der Waals surface area contributed by atoms with E-state index in [9.17, 15) is 4.79 Å². The molecule has 1 fully saturated rings. The van der Waals surface area contributed by atoms with Crippen molar-refractivity contribution in [3.63, 3.8) is 0 Å². The second-order valence-corrected chi connectivity index (χ2v) is 4.70. The van der Waals surface area contributed by atoms with E-state index < -0.39 is 5.97 Å². The number of carbonyl (C=O) groups is 1. The number of hydrogen-bond donors (Lipinski definition) is 1. The fourth-order valence-electron chi connectivity index (χ4n) is 2.65. The average Bonchev–Trinajstić information content (AvgIpc) is 3.19. The largest absolute Gasteiger partial charge is 0.478 e. The van der Waals surface area contributed by atoms with E-state index in [4.69, 9.17) is 9.84 Å². The van der Waals surface area contributed by atoms with E-state index in [0.29, 0.717) is 12.2 Å². The zero-order valence-corrected chi connectivity index (χ0v) is 10.4. The topological polar surface area (TPSA) is 49.8 Å². The maximum absolute atomic E-state index is 9.25. The van der Waals surface area contributed by atoms with Gasteiger partial charge in [-0.15, -0.1) is 0 Å². The van der Waals surface area contributed by atoms with Gasteiger partial charge in [0.25, 0.3) is 0 Å². The number of hydrogen-bond acceptors (Lipinski definition) is 2. The lowest BCUT2D eigenvalue weighted by Crippen LogP contribution is -2.03. The van der Waals surface area contributed by atoms with E-state index in [1.165, 1.54) is 21.9 Å². The standard InChI is InChI=1S/C13H10O.C3H4O2/c1-3-8-4-2-6-10-12(8)9(5-1)7-11-13(10)14-11;1-2-3(4)5/h1-6,11,13H,7H2;2H,1H2,(H,4,5). The van der Waals surface area contributed by atoms with Gasteiger partial charge in [0, 0.05) is 12.5 Å². The number of epoxide rings is 1. The van der Waals surface area contributed by atoms with Crippen molar-refractivity contribution in [3.8, 4) is 0 Å². The summed E-state index contributed by atoms with van der Waals surface area (Å²) in [5, 5.41) is 10.4. The van der Waals surface area contributed by atoms with Gasteiger partial charge in [0.1, 0.15) is 6.10 Å². The van der Waals surface area contributed by atoms with Crippen LogP contribution in [-0.4, -0.2) is 17.2 Å². The van der Waals surface area contributed by atoms with Gasteiger partial charge in [-0.05, 0) is 21.9 Å². The van der Waals surface area contributed by atoms with Gasteiger partial charge in [-0.3, -0.25) is 0 Å². The minimum absolute atomic E-state index is 0.397. The van der Waals surface area contributed by atoms with Crippen LogP contribution in [0.2, 0.25) is 0 Å². The number of benzene rings is 2. The van der Waals surface area contributed by atoms with Gasteiger partial charge in [0.05, 0.1) is 6.10 Å². The molecule has 19 heavy (non-hydrogen) atoms. The molecule has 1 N–H and O–H groups in total. The van der Waals surface area contributed by atoms with Crippen molar-refractivity contribution in [2.24, 2.45) is 0 Å². The van der Waals surface area contributed by atoms with Crippen LogP contribution in [0.1, 0.15) is 17.2 Å². The lowest BCUT2D eigenvalue weighted by atomic mass is 9.89. The Hall–Kier alpha value is -2.13. The molecule has 0 aromatic heterocycles. The Morgan fingerprint density at radius 3 is 2.68 bits per heavy atom. The highest BCUT2D eigenvalue weighted by molar-refractivity contribution is 5.90. The fourth-order valence-corrected chi connectivity index (χ4v) is 2.65. The van der Waals surface area contributed by atoms with E-state index >= 15 is 0 Å². The van der Waals surface area contributed by atoms with Crippen LogP contribution in [0.4, 0.5) is 0 Å². The maximum atomic E-state index is 9.25. The average molecular weight is 254 g/mol. The molecule has 2 aromatic carbocycles. The van der Waals surface area contributed by atoms with Gasteiger partial charge in [-0.1, -0.05) is 43.0 Å². The molecule has 0 saturated carbocycles. The summed E-state index contributed by atoms with van der Waals surface area (Å²) < 4.78 is 5.65. The Bertz CT molecular complexity index is 655. The summed E-state index contributed by atoms with van der Waals surface area (Å²) in [5.74, 6) is -0.981. The van der Waals surface area contributed by atoms with Crippen molar-refractivity contribution in [2.75, 3.05) is 0 Å². The summed E-state index contributed by atoms with van der Waals surface area (Å²) in [6, 6.07) is 13.1. The van der Waals surface area contributed by atoms with E-state index in [0.717, 1.165) is 12.5 Å². The van der Waals surface area contributed by atoms with E-state index in [1.807, 2.05) is 0 Å². The van der Waals surface area contributed by atoms with Crippen molar-refractivity contribution in [1.82, 2.24) is 0 Å². The van der Waals surface area contributed by atoms with Crippen molar-refractivity contribution in [3.05, 3.63) is 60.2 Å². The molecule has 2 aromatic rings. The zero-order valence-electron chi connectivity index (χ0n) is 10.4. The highest BCUT2D eigenvalue weighted by Crippen LogP contribution is 2.48. The first-order valence-electron chi connectivity index (χ1n) is 6.22. The molecule has 3 heteroatoms. The van der Waals surface area contributed by atoms with Gasteiger partial charge in [-0.2, -0.15) is 0 Å². The lowest BCUT2D eigenvalue weighted by Gasteiger charge is -2.13. The second-order valence-electron chi connectivity index (χ2n) is 4.70. The molecule has 1 aliphatic heterocycles. The number of aliphatic carboxylic acids is 1. The fraction of sp³-hybridized carbons (Fsp3) is 0.188. The molecule has 2 unspecified atom stereocenters. The monoisotopic (exact) mass is 254 g/mol. The molecule has 96 valence electrons. The molecule has 4 rings (SSSR count).